The fraction of sp³-hybridized carbons (Fsp3) is 0.429. The standard InChI is InChI=1S/C7H9N3O2/c11-7(12)6-5-4(1-2-8-6)9-3-10-5/h3,6,8H,1-2H2,(H,9,10)(H,11,12). The lowest BCUT2D eigenvalue weighted by molar-refractivity contribution is -0.139. The zero-order valence-electron chi connectivity index (χ0n) is 6.37. The maximum atomic E-state index is 10.7. The molecule has 0 saturated carbocycles. The van der Waals surface area contributed by atoms with Gasteiger partial charge >= 0.3 is 5.97 Å². The summed E-state index contributed by atoms with van der Waals surface area (Å²) in [4.78, 5) is 17.6. The molecule has 1 aromatic rings. The number of carboxylic acids is 1. The van der Waals surface area contributed by atoms with E-state index >= 15 is 0 Å². The molecule has 1 atom stereocenters. The third-order valence-corrected chi connectivity index (χ3v) is 2.00. The molecule has 2 heterocycles. The van der Waals surface area contributed by atoms with Crippen LogP contribution in [-0.2, 0) is 11.2 Å². The quantitative estimate of drug-likeness (QED) is 0.535. The number of H-pyrrole nitrogens is 1. The van der Waals surface area contributed by atoms with Crippen LogP contribution in [0.5, 0.6) is 0 Å². The molecule has 0 amide bonds. The first-order chi connectivity index (χ1) is 5.79. The number of carbonyl (C=O) groups is 1. The number of nitrogens with zero attached hydrogens (tertiary/aromatic N) is 1. The van der Waals surface area contributed by atoms with Crippen molar-refractivity contribution in [3.05, 3.63) is 17.7 Å². The molecule has 1 aliphatic rings. The first-order valence-corrected chi connectivity index (χ1v) is 3.77. The van der Waals surface area contributed by atoms with Gasteiger partial charge in [-0.05, 0) is 0 Å². The molecule has 0 aliphatic carbocycles. The van der Waals surface area contributed by atoms with Crippen molar-refractivity contribution in [2.75, 3.05) is 6.54 Å². The van der Waals surface area contributed by atoms with Crippen molar-refractivity contribution in [2.24, 2.45) is 0 Å². The Balaban J connectivity index is 2.37. The summed E-state index contributed by atoms with van der Waals surface area (Å²) in [6.07, 6.45) is 2.33. The first-order valence-electron chi connectivity index (χ1n) is 3.77. The van der Waals surface area contributed by atoms with Crippen LogP contribution in [0.3, 0.4) is 0 Å². The van der Waals surface area contributed by atoms with Crippen LogP contribution >= 0.6 is 0 Å². The monoisotopic (exact) mass is 167 g/mol. The van der Waals surface area contributed by atoms with Crippen molar-refractivity contribution >= 4 is 5.97 Å². The lowest BCUT2D eigenvalue weighted by Gasteiger charge is -2.18. The van der Waals surface area contributed by atoms with E-state index in [0.717, 1.165) is 12.1 Å². The highest BCUT2D eigenvalue weighted by Gasteiger charge is 2.27. The summed E-state index contributed by atoms with van der Waals surface area (Å²) in [5.41, 5.74) is 1.55. The minimum Gasteiger partial charge on any atom is -0.480 e. The van der Waals surface area contributed by atoms with Gasteiger partial charge in [-0.15, -0.1) is 0 Å². The molecule has 3 N–H and O–H groups in total. The van der Waals surface area contributed by atoms with Gasteiger partial charge < -0.3 is 10.1 Å². The molecular formula is C7H9N3O2. The molecule has 1 aromatic heterocycles. The topological polar surface area (TPSA) is 78.0 Å². The van der Waals surface area contributed by atoms with Crippen molar-refractivity contribution in [2.45, 2.75) is 12.5 Å². The molecule has 5 nitrogen and oxygen atoms in total. The number of aromatic amines is 1. The molecule has 1 aliphatic heterocycles. The predicted molar refractivity (Wildman–Crippen MR) is 40.7 cm³/mol. The first kappa shape index (κ1) is 7.30. The molecule has 0 aromatic carbocycles. The molecule has 0 radical (unpaired) electrons. The van der Waals surface area contributed by atoms with Gasteiger partial charge in [-0.3, -0.25) is 10.1 Å². The van der Waals surface area contributed by atoms with Crippen LogP contribution in [0.15, 0.2) is 6.33 Å². The Morgan fingerprint density at radius 2 is 2.58 bits per heavy atom. The number of imidazole rings is 1. The lowest BCUT2D eigenvalue weighted by Crippen LogP contribution is -2.35. The highest BCUT2D eigenvalue weighted by molar-refractivity contribution is 5.75. The number of nitrogens with one attached hydrogen (secondary N) is 2. The lowest BCUT2D eigenvalue weighted by atomic mass is 10.1. The summed E-state index contributed by atoms with van der Waals surface area (Å²) in [7, 11) is 0. The second-order valence-corrected chi connectivity index (χ2v) is 2.74. The van der Waals surface area contributed by atoms with Crippen molar-refractivity contribution in [1.82, 2.24) is 15.3 Å². The molecule has 0 fully saturated rings. The van der Waals surface area contributed by atoms with Gasteiger partial charge in [0.2, 0.25) is 0 Å². The number of fused-ring (bicyclic) bond motifs is 1. The van der Waals surface area contributed by atoms with Crippen molar-refractivity contribution < 1.29 is 9.90 Å². The Morgan fingerprint density at radius 3 is 3.33 bits per heavy atom. The maximum absolute atomic E-state index is 10.7. The zero-order valence-corrected chi connectivity index (χ0v) is 6.37. The number of rotatable bonds is 1. The summed E-state index contributed by atoms with van der Waals surface area (Å²) >= 11 is 0. The van der Waals surface area contributed by atoms with E-state index in [2.05, 4.69) is 15.3 Å². The molecule has 12 heavy (non-hydrogen) atoms. The fourth-order valence-electron chi connectivity index (χ4n) is 1.43. The third-order valence-electron chi connectivity index (χ3n) is 2.00. The van der Waals surface area contributed by atoms with E-state index in [9.17, 15) is 4.79 Å². The number of aliphatic carboxylic acids is 1. The van der Waals surface area contributed by atoms with Crippen molar-refractivity contribution in [3.8, 4) is 0 Å². The van der Waals surface area contributed by atoms with Crippen molar-refractivity contribution in [3.63, 3.8) is 0 Å². The SMILES string of the molecule is O=C(O)C1NCCc2nc[nH]c21. The van der Waals surface area contributed by atoms with E-state index in [1.165, 1.54) is 6.33 Å². The normalized spacial score (nSPS) is 21.8. The van der Waals surface area contributed by atoms with Crippen LogP contribution in [-0.4, -0.2) is 27.6 Å². The summed E-state index contributed by atoms with van der Waals surface area (Å²) in [6.45, 7) is 0.675. The van der Waals surface area contributed by atoms with Gasteiger partial charge in [0, 0.05) is 13.0 Å². The Labute approximate surface area is 68.8 Å². The highest BCUT2D eigenvalue weighted by Crippen LogP contribution is 2.18. The van der Waals surface area contributed by atoms with E-state index in [1.54, 1.807) is 0 Å². The minimum atomic E-state index is -0.861. The van der Waals surface area contributed by atoms with Crippen LogP contribution in [0.4, 0.5) is 0 Å². The van der Waals surface area contributed by atoms with Crippen molar-refractivity contribution in [1.29, 1.82) is 0 Å². The molecule has 64 valence electrons. The largest absolute Gasteiger partial charge is 0.480 e. The van der Waals surface area contributed by atoms with Crippen LogP contribution in [0.2, 0.25) is 0 Å². The summed E-state index contributed by atoms with van der Waals surface area (Å²) in [6, 6.07) is -0.615. The average molecular weight is 167 g/mol. The summed E-state index contributed by atoms with van der Waals surface area (Å²) in [5.74, 6) is -0.861. The summed E-state index contributed by atoms with van der Waals surface area (Å²) in [5, 5.41) is 11.7. The van der Waals surface area contributed by atoms with Crippen LogP contribution in [0.1, 0.15) is 17.4 Å². The van der Waals surface area contributed by atoms with E-state index in [-0.39, 0.29) is 0 Å². The van der Waals surface area contributed by atoms with Gasteiger partial charge in [-0.2, -0.15) is 0 Å². The molecule has 5 heteroatoms. The van der Waals surface area contributed by atoms with E-state index in [4.69, 9.17) is 5.11 Å². The Morgan fingerprint density at radius 1 is 1.75 bits per heavy atom. The minimum absolute atomic E-state index is 0.615. The smallest absolute Gasteiger partial charge is 0.326 e. The number of aromatic nitrogens is 2. The number of hydrogen-bond acceptors (Lipinski definition) is 3. The molecule has 0 spiro atoms. The maximum Gasteiger partial charge on any atom is 0.326 e. The third kappa shape index (κ3) is 0.984. The number of carboxylic acid groups (broad SMARTS) is 1. The molecular weight excluding hydrogens is 158 g/mol. The van der Waals surface area contributed by atoms with Gasteiger partial charge in [-0.1, -0.05) is 0 Å². The Bertz CT molecular complexity index is 307. The fourth-order valence-corrected chi connectivity index (χ4v) is 1.43. The van der Waals surface area contributed by atoms with Crippen LogP contribution < -0.4 is 5.32 Å². The Kier molecular flexibility index (Phi) is 1.58. The zero-order chi connectivity index (χ0) is 8.55. The van der Waals surface area contributed by atoms with Crippen LogP contribution in [0, 0.1) is 0 Å². The van der Waals surface area contributed by atoms with E-state index < -0.39 is 12.0 Å². The highest BCUT2D eigenvalue weighted by atomic mass is 16.4. The predicted octanol–water partition coefficient (Wildman–Crippen LogP) is -0.319. The second-order valence-electron chi connectivity index (χ2n) is 2.74. The Hall–Kier alpha value is -1.36. The molecule has 2 rings (SSSR count). The van der Waals surface area contributed by atoms with Gasteiger partial charge in [0.05, 0.1) is 17.7 Å². The van der Waals surface area contributed by atoms with Gasteiger partial charge in [0.1, 0.15) is 6.04 Å². The van der Waals surface area contributed by atoms with E-state index in [1.807, 2.05) is 0 Å². The average Bonchev–Trinajstić information content (AvgIpc) is 2.49. The molecule has 1 unspecified atom stereocenters. The molecule has 0 saturated heterocycles. The summed E-state index contributed by atoms with van der Waals surface area (Å²) < 4.78 is 0. The number of hydrogen-bond donors (Lipinski definition) is 3. The van der Waals surface area contributed by atoms with Gasteiger partial charge in [0.25, 0.3) is 0 Å². The van der Waals surface area contributed by atoms with Crippen LogP contribution in [0.25, 0.3) is 0 Å². The second kappa shape index (κ2) is 2.60. The van der Waals surface area contributed by atoms with Gasteiger partial charge in [0.15, 0.2) is 0 Å². The van der Waals surface area contributed by atoms with E-state index in [0.29, 0.717) is 12.2 Å². The van der Waals surface area contributed by atoms with Gasteiger partial charge in [-0.25, -0.2) is 4.98 Å². The molecule has 0 bridgehead atoms.